The number of Topliss-reactive ketones (excluding diaryl/α,β-unsaturated/α-hetero) is 1. The molecule has 100 valence electrons. The van der Waals surface area contributed by atoms with Crippen LogP contribution < -0.4 is 0 Å². The van der Waals surface area contributed by atoms with Crippen LogP contribution in [-0.4, -0.2) is 25.7 Å². The average Bonchev–Trinajstić information content (AvgIpc) is 2.32. The highest BCUT2D eigenvalue weighted by molar-refractivity contribution is 9.10. The quantitative estimate of drug-likeness (QED) is 0.735. The summed E-state index contributed by atoms with van der Waals surface area (Å²) < 4.78 is 23.3. The maximum absolute atomic E-state index is 11.9. The highest BCUT2D eigenvalue weighted by Crippen LogP contribution is 2.22. The Bertz CT molecular complexity index is 540. The standard InChI is InChI=1S/C12H14BrClO3S/c1-2-18(16,17)7-3-4-12(15)10-8-9(14)5-6-11(10)13/h5-6,8H,2-4,7H2,1H3. The first kappa shape index (κ1) is 15.7. The van der Waals surface area contributed by atoms with E-state index < -0.39 is 9.84 Å². The van der Waals surface area contributed by atoms with Crippen molar-refractivity contribution in [2.24, 2.45) is 0 Å². The van der Waals surface area contributed by atoms with Crippen molar-refractivity contribution in [1.29, 1.82) is 0 Å². The van der Waals surface area contributed by atoms with E-state index in [-0.39, 0.29) is 23.7 Å². The van der Waals surface area contributed by atoms with Gasteiger partial charge in [-0.2, -0.15) is 0 Å². The van der Waals surface area contributed by atoms with E-state index in [1.807, 2.05) is 0 Å². The number of halogens is 2. The van der Waals surface area contributed by atoms with E-state index in [1.54, 1.807) is 25.1 Å². The molecule has 0 aromatic heterocycles. The van der Waals surface area contributed by atoms with Crippen molar-refractivity contribution >= 4 is 43.2 Å². The molecule has 0 atom stereocenters. The number of sulfone groups is 1. The fourth-order valence-electron chi connectivity index (χ4n) is 1.44. The van der Waals surface area contributed by atoms with Gasteiger partial charge in [0.15, 0.2) is 5.78 Å². The zero-order valence-corrected chi connectivity index (χ0v) is 13.1. The molecule has 1 aromatic rings. The first-order chi connectivity index (χ1) is 8.35. The molecular formula is C12H14BrClO3S. The Labute approximate surface area is 121 Å². The summed E-state index contributed by atoms with van der Waals surface area (Å²) in [5.74, 6) is 0.0610. The van der Waals surface area contributed by atoms with Gasteiger partial charge in [-0.3, -0.25) is 4.79 Å². The molecule has 0 amide bonds. The second-order valence-electron chi connectivity index (χ2n) is 3.89. The van der Waals surface area contributed by atoms with Crippen molar-refractivity contribution in [3.05, 3.63) is 33.3 Å². The van der Waals surface area contributed by atoms with Gasteiger partial charge in [0.05, 0.1) is 5.75 Å². The largest absolute Gasteiger partial charge is 0.294 e. The van der Waals surface area contributed by atoms with Crippen LogP contribution in [0.5, 0.6) is 0 Å². The van der Waals surface area contributed by atoms with Gasteiger partial charge >= 0.3 is 0 Å². The predicted molar refractivity (Wildman–Crippen MR) is 77.0 cm³/mol. The van der Waals surface area contributed by atoms with Gasteiger partial charge in [0, 0.05) is 27.2 Å². The molecule has 0 unspecified atom stereocenters. The van der Waals surface area contributed by atoms with Gasteiger partial charge in [0.25, 0.3) is 0 Å². The first-order valence-corrected chi connectivity index (χ1v) is 8.53. The molecule has 1 aromatic carbocycles. The number of ketones is 1. The van der Waals surface area contributed by atoms with Crippen molar-refractivity contribution < 1.29 is 13.2 Å². The van der Waals surface area contributed by atoms with Crippen LogP contribution in [0.15, 0.2) is 22.7 Å². The summed E-state index contributed by atoms with van der Waals surface area (Å²) in [6, 6.07) is 4.98. The van der Waals surface area contributed by atoms with Crippen molar-refractivity contribution in [1.82, 2.24) is 0 Å². The maximum atomic E-state index is 11.9. The molecule has 0 spiro atoms. The molecule has 1 rings (SSSR count). The van der Waals surface area contributed by atoms with Crippen LogP contribution in [0.1, 0.15) is 30.1 Å². The Morgan fingerprint density at radius 1 is 1.39 bits per heavy atom. The first-order valence-electron chi connectivity index (χ1n) is 5.54. The normalized spacial score (nSPS) is 11.5. The van der Waals surface area contributed by atoms with E-state index in [1.165, 1.54) is 0 Å². The predicted octanol–water partition coefficient (Wildman–Crippen LogP) is 3.50. The van der Waals surface area contributed by atoms with Gasteiger partial charge in [-0.15, -0.1) is 0 Å². The van der Waals surface area contributed by atoms with E-state index in [0.29, 0.717) is 21.5 Å². The third kappa shape index (κ3) is 4.71. The third-order valence-corrected chi connectivity index (χ3v) is 5.24. The summed E-state index contributed by atoms with van der Waals surface area (Å²) in [7, 11) is -3.01. The maximum Gasteiger partial charge on any atom is 0.164 e. The Morgan fingerprint density at radius 3 is 2.67 bits per heavy atom. The molecule has 0 aliphatic carbocycles. The zero-order valence-electron chi connectivity index (χ0n) is 9.95. The van der Waals surface area contributed by atoms with Crippen molar-refractivity contribution in [3.8, 4) is 0 Å². The minimum Gasteiger partial charge on any atom is -0.294 e. The van der Waals surface area contributed by atoms with Crippen LogP contribution in [0.3, 0.4) is 0 Å². The molecule has 0 heterocycles. The van der Waals surface area contributed by atoms with E-state index in [9.17, 15) is 13.2 Å². The second-order valence-corrected chi connectivity index (χ2v) is 7.65. The molecular weight excluding hydrogens is 340 g/mol. The van der Waals surface area contributed by atoms with Gasteiger partial charge in [0.1, 0.15) is 9.84 Å². The lowest BCUT2D eigenvalue weighted by Gasteiger charge is -2.04. The summed E-state index contributed by atoms with van der Waals surface area (Å²) in [6.45, 7) is 1.60. The lowest BCUT2D eigenvalue weighted by Crippen LogP contribution is -2.10. The molecule has 18 heavy (non-hydrogen) atoms. The topological polar surface area (TPSA) is 51.2 Å². The van der Waals surface area contributed by atoms with Crippen LogP contribution >= 0.6 is 27.5 Å². The van der Waals surface area contributed by atoms with Gasteiger partial charge in [0.2, 0.25) is 0 Å². The van der Waals surface area contributed by atoms with E-state index in [0.717, 1.165) is 0 Å². The van der Waals surface area contributed by atoms with E-state index in [4.69, 9.17) is 11.6 Å². The Hall–Kier alpha value is -0.390. The Balaban J connectivity index is 2.64. The lowest BCUT2D eigenvalue weighted by molar-refractivity contribution is 0.0981. The Morgan fingerprint density at radius 2 is 2.06 bits per heavy atom. The van der Waals surface area contributed by atoms with Crippen molar-refractivity contribution in [2.75, 3.05) is 11.5 Å². The SMILES string of the molecule is CCS(=O)(=O)CCCC(=O)c1cc(Cl)ccc1Br. The van der Waals surface area contributed by atoms with Crippen LogP contribution in [0.2, 0.25) is 5.02 Å². The molecule has 0 aliphatic rings. The van der Waals surface area contributed by atoms with E-state index in [2.05, 4.69) is 15.9 Å². The number of carbonyl (C=O) groups is 1. The van der Waals surface area contributed by atoms with Gasteiger partial charge in [-0.1, -0.05) is 34.5 Å². The summed E-state index contributed by atoms with van der Waals surface area (Å²) in [4.78, 5) is 11.9. The Kier molecular flexibility index (Phi) is 5.82. The zero-order chi connectivity index (χ0) is 13.8. The van der Waals surface area contributed by atoms with E-state index >= 15 is 0 Å². The minimum absolute atomic E-state index is 0.0490. The summed E-state index contributed by atoms with van der Waals surface area (Å²) >= 11 is 9.10. The number of hydrogen-bond donors (Lipinski definition) is 0. The summed E-state index contributed by atoms with van der Waals surface area (Å²) in [5, 5.41) is 0.489. The second kappa shape index (κ2) is 6.68. The number of hydrogen-bond acceptors (Lipinski definition) is 3. The van der Waals surface area contributed by atoms with Crippen LogP contribution in [0, 0.1) is 0 Å². The summed E-state index contributed by atoms with van der Waals surface area (Å²) in [6.07, 6.45) is 0.548. The molecule has 6 heteroatoms. The van der Waals surface area contributed by atoms with Crippen molar-refractivity contribution in [2.45, 2.75) is 19.8 Å². The molecule has 0 saturated heterocycles. The third-order valence-electron chi connectivity index (χ3n) is 2.53. The monoisotopic (exact) mass is 352 g/mol. The fraction of sp³-hybridized carbons (Fsp3) is 0.417. The van der Waals surface area contributed by atoms with Gasteiger partial charge in [-0.05, 0) is 24.6 Å². The van der Waals surface area contributed by atoms with Crippen LogP contribution in [0.4, 0.5) is 0 Å². The summed E-state index contributed by atoms with van der Waals surface area (Å²) in [5.41, 5.74) is 0.497. The number of carbonyl (C=O) groups excluding carboxylic acids is 1. The van der Waals surface area contributed by atoms with Crippen LogP contribution in [0.25, 0.3) is 0 Å². The highest BCUT2D eigenvalue weighted by atomic mass is 79.9. The van der Waals surface area contributed by atoms with Gasteiger partial charge in [-0.25, -0.2) is 8.42 Å². The van der Waals surface area contributed by atoms with Crippen LogP contribution in [-0.2, 0) is 9.84 Å². The number of rotatable bonds is 6. The molecule has 0 fully saturated rings. The molecule has 0 N–H and O–H groups in total. The van der Waals surface area contributed by atoms with Crippen molar-refractivity contribution in [3.63, 3.8) is 0 Å². The fourth-order valence-corrected chi connectivity index (χ4v) is 2.96. The molecule has 3 nitrogen and oxygen atoms in total. The molecule has 0 saturated carbocycles. The molecule has 0 aliphatic heterocycles. The average molecular weight is 354 g/mol. The number of benzene rings is 1. The van der Waals surface area contributed by atoms with Gasteiger partial charge < -0.3 is 0 Å². The molecule has 0 radical (unpaired) electrons. The molecule has 0 bridgehead atoms. The highest BCUT2D eigenvalue weighted by Gasteiger charge is 2.13. The smallest absolute Gasteiger partial charge is 0.164 e. The minimum atomic E-state index is -3.01. The lowest BCUT2D eigenvalue weighted by atomic mass is 10.1.